The number of fused-ring (bicyclic) bond motifs is 1. The summed E-state index contributed by atoms with van der Waals surface area (Å²) in [4.78, 5) is 17.1. The maximum Gasteiger partial charge on any atom is 0.270 e. The van der Waals surface area contributed by atoms with Crippen molar-refractivity contribution in [3.63, 3.8) is 0 Å². The molecule has 3 rings (SSSR count). The largest absolute Gasteiger partial charge is 0.497 e. The molecule has 118 valence electrons. The molecule has 2 heterocycles. The summed E-state index contributed by atoms with van der Waals surface area (Å²) < 4.78 is 28.3. The number of carbonyl (C=O) groups excluding carboxylic acids is 1. The SMILES string of the molecule is COc1ccc2cc(C(=O)N(C)[C@@H]3CCS(=O)(=O)C3)[nH]c2c1. The average Bonchev–Trinajstić information content (AvgIpc) is 3.07. The number of ether oxygens (including phenoxy) is 1. The van der Waals surface area contributed by atoms with Gasteiger partial charge >= 0.3 is 0 Å². The van der Waals surface area contributed by atoms with Crippen LogP contribution in [0.25, 0.3) is 10.9 Å². The van der Waals surface area contributed by atoms with Crippen molar-refractivity contribution in [1.29, 1.82) is 0 Å². The van der Waals surface area contributed by atoms with Crippen LogP contribution in [0.3, 0.4) is 0 Å². The molecule has 1 aliphatic rings. The van der Waals surface area contributed by atoms with Crippen LogP contribution in [-0.2, 0) is 9.84 Å². The molecule has 1 saturated heterocycles. The van der Waals surface area contributed by atoms with Gasteiger partial charge in [-0.15, -0.1) is 0 Å². The number of hydrogen-bond acceptors (Lipinski definition) is 4. The van der Waals surface area contributed by atoms with Crippen molar-refractivity contribution >= 4 is 26.6 Å². The van der Waals surface area contributed by atoms with E-state index < -0.39 is 9.84 Å². The normalized spacial score (nSPS) is 20.2. The van der Waals surface area contributed by atoms with Crippen molar-refractivity contribution in [3.8, 4) is 5.75 Å². The summed E-state index contributed by atoms with van der Waals surface area (Å²) in [6.07, 6.45) is 0.499. The molecule has 1 amide bonds. The molecule has 1 fully saturated rings. The molecule has 1 N–H and O–H groups in total. The van der Waals surface area contributed by atoms with E-state index in [9.17, 15) is 13.2 Å². The molecule has 0 bridgehead atoms. The first kappa shape index (κ1) is 14.9. The maximum atomic E-state index is 12.5. The predicted molar refractivity (Wildman–Crippen MR) is 84.0 cm³/mol. The van der Waals surface area contributed by atoms with Gasteiger partial charge in [0, 0.05) is 30.1 Å². The molecule has 2 aromatic rings. The number of sulfone groups is 1. The van der Waals surface area contributed by atoms with Gasteiger partial charge in [-0.25, -0.2) is 8.42 Å². The van der Waals surface area contributed by atoms with Crippen molar-refractivity contribution < 1.29 is 17.9 Å². The number of carbonyl (C=O) groups is 1. The number of H-pyrrole nitrogens is 1. The highest BCUT2D eigenvalue weighted by atomic mass is 32.2. The lowest BCUT2D eigenvalue weighted by atomic mass is 10.2. The molecule has 7 heteroatoms. The third-order valence-electron chi connectivity index (χ3n) is 4.14. The number of benzene rings is 1. The van der Waals surface area contributed by atoms with Crippen LogP contribution in [0.2, 0.25) is 0 Å². The van der Waals surface area contributed by atoms with E-state index in [1.807, 2.05) is 18.2 Å². The second kappa shape index (κ2) is 5.31. The van der Waals surface area contributed by atoms with Crippen molar-refractivity contribution in [2.24, 2.45) is 0 Å². The van der Waals surface area contributed by atoms with E-state index in [0.29, 0.717) is 17.9 Å². The number of hydrogen-bond donors (Lipinski definition) is 1. The van der Waals surface area contributed by atoms with Gasteiger partial charge < -0.3 is 14.6 Å². The lowest BCUT2D eigenvalue weighted by Gasteiger charge is -2.22. The van der Waals surface area contributed by atoms with Gasteiger partial charge in [-0.05, 0) is 24.6 Å². The van der Waals surface area contributed by atoms with Gasteiger partial charge in [0.25, 0.3) is 5.91 Å². The van der Waals surface area contributed by atoms with Crippen LogP contribution >= 0.6 is 0 Å². The second-order valence-electron chi connectivity index (χ2n) is 5.61. The molecule has 0 spiro atoms. The van der Waals surface area contributed by atoms with Crippen LogP contribution in [0.1, 0.15) is 16.9 Å². The number of nitrogens with zero attached hydrogens (tertiary/aromatic N) is 1. The third-order valence-corrected chi connectivity index (χ3v) is 5.89. The molecule has 1 aromatic heterocycles. The molecule has 1 aromatic carbocycles. The highest BCUT2D eigenvalue weighted by Gasteiger charge is 2.33. The molecule has 22 heavy (non-hydrogen) atoms. The van der Waals surface area contributed by atoms with E-state index in [1.165, 1.54) is 4.90 Å². The Bertz CT molecular complexity index is 825. The summed E-state index contributed by atoms with van der Waals surface area (Å²) in [5.41, 5.74) is 1.27. The van der Waals surface area contributed by atoms with Crippen LogP contribution in [0.5, 0.6) is 5.75 Å². The van der Waals surface area contributed by atoms with E-state index in [2.05, 4.69) is 4.98 Å². The molecule has 0 unspecified atom stereocenters. The first-order valence-corrected chi connectivity index (χ1v) is 8.86. The zero-order chi connectivity index (χ0) is 15.9. The number of aromatic amines is 1. The Balaban J connectivity index is 1.85. The van der Waals surface area contributed by atoms with E-state index in [-0.39, 0.29) is 23.5 Å². The second-order valence-corrected chi connectivity index (χ2v) is 7.84. The summed E-state index contributed by atoms with van der Waals surface area (Å²) in [5, 5.41) is 0.914. The lowest BCUT2D eigenvalue weighted by Crippen LogP contribution is -2.37. The van der Waals surface area contributed by atoms with Crippen molar-refractivity contribution in [2.45, 2.75) is 12.5 Å². The molecular weight excluding hydrogens is 304 g/mol. The van der Waals surface area contributed by atoms with Gasteiger partial charge in [0.05, 0.1) is 18.6 Å². The van der Waals surface area contributed by atoms with Gasteiger partial charge in [0.15, 0.2) is 9.84 Å². The molecule has 6 nitrogen and oxygen atoms in total. The molecule has 0 aliphatic carbocycles. The number of nitrogens with one attached hydrogen (secondary N) is 1. The Morgan fingerprint density at radius 2 is 2.14 bits per heavy atom. The minimum Gasteiger partial charge on any atom is -0.497 e. The minimum absolute atomic E-state index is 0.0449. The zero-order valence-electron chi connectivity index (χ0n) is 12.5. The molecule has 0 radical (unpaired) electrons. The minimum atomic E-state index is -3.01. The van der Waals surface area contributed by atoms with Crippen LogP contribution in [0.4, 0.5) is 0 Å². The summed E-state index contributed by atoms with van der Waals surface area (Å²) in [6, 6.07) is 7.06. The summed E-state index contributed by atoms with van der Waals surface area (Å²) in [5.74, 6) is 0.712. The Kier molecular flexibility index (Phi) is 3.60. The van der Waals surface area contributed by atoms with Crippen molar-refractivity contribution in [3.05, 3.63) is 30.0 Å². The fourth-order valence-electron chi connectivity index (χ4n) is 2.79. The maximum absolute atomic E-state index is 12.5. The Morgan fingerprint density at radius 3 is 2.77 bits per heavy atom. The van der Waals surface area contributed by atoms with Gasteiger partial charge in [0.1, 0.15) is 11.4 Å². The average molecular weight is 322 g/mol. The fraction of sp³-hybridized carbons (Fsp3) is 0.400. The highest BCUT2D eigenvalue weighted by Crippen LogP contribution is 2.23. The Hall–Kier alpha value is -2.02. The summed E-state index contributed by atoms with van der Waals surface area (Å²) in [7, 11) is 0.230. The number of amides is 1. The van der Waals surface area contributed by atoms with Crippen LogP contribution < -0.4 is 4.74 Å². The standard InChI is InChI=1S/C15H18N2O4S/c1-17(11-5-6-22(19,20)9-11)15(18)14-7-10-3-4-12(21-2)8-13(10)16-14/h3-4,7-8,11,16H,5-6,9H2,1-2H3/t11-/m1/s1. The quantitative estimate of drug-likeness (QED) is 0.927. The Morgan fingerprint density at radius 1 is 1.36 bits per heavy atom. The van der Waals surface area contributed by atoms with Gasteiger partial charge in [-0.3, -0.25) is 4.79 Å². The van der Waals surface area contributed by atoms with Gasteiger partial charge in [0.2, 0.25) is 0 Å². The van der Waals surface area contributed by atoms with Crippen molar-refractivity contribution in [2.75, 3.05) is 25.7 Å². The number of aromatic nitrogens is 1. The molecule has 1 atom stereocenters. The summed E-state index contributed by atoms with van der Waals surface area (Å²) in [6.45, 7) is 0. The smallest absolute Gasteiger partial charge is 0.270 e. The third kappa shape index (κ3) is 2.68. The van der Waals surface area contributed by atoms with Gasteiger partial charge in [-0.1, -0.05) is 0 Å². The summed E-state index contributed by atoms with van der Waals surface area (Å²) >= 11 is 0. The first-order valence-electron chi connectivity index (χ1n) is 7.04. The first-order chi connectivity index (χ1) is 10.4. The monoisotopic (exact) mass is 322 g/mol. The van der Waals surface area contributed by atoms with E-state index in [4.69, 9.17) is 4.74 Å². The Labute approximate surface area is 129 Å². The molecular formula is C15H18N2O4S. The van der Waals surface area contributed by atoms with Crippen LogP contribution in [0.15, 0.2) is 24.3 Å². The van der Waals surface area contributed by atoms with E-state index in [1.54, 1.807) is 20.2 Å². The topological polar surface area (TPSA) is 79.5 Å². The van der Waals surface area contributed by atoms with Crippen molar-refractivity contribution in [1.82, 2.24) is 9.88 Å². The van der Waals surface area contributed by atoms with E-state index in [0.717, 1.165) is 10.9 Å². The fourth-order valence-corrected chi connectivity index (χ4v) is 4.56. The zero-order valence-corrected chi connectivity index (χ0v) is 13.3. The van der Waals surface area contributed by atoms with Crippen LogP contribution in [-0.4, -0.2) is 55.9 Å². The number of rotatable bonds is 3. The highest BCUT2D eigenvalue weighted by molar-refractivity contribution is 7.91. The van der Waals surface area contributed by atoms with Gasteiger partial charge in [-0.2, -0.15) is 0 Å². The number of methoxy groups -OCH3 is 1. The van der Waals surface area contributed by atoms with E-state index >= 15 is 0 Å². The lowest BCUT2D eigenvalue weighted by molar-refractivity contribution is 0.0743. The molecule has 0 saturated carbocycles. The predicted octanol–water partition coefficient (Wildman–Crippen LogP) is 1.44. The molecule has 1 aliphatic heterocycles. The van der Waals surface area contributed by atoms with Crippen LogP contribution in [0, 0.1) is 0 Å².